The van der Waals surface area contributed by atoms with Crippen molar-refractivity contribution in [2.45, 2.75) is 30.5 Å². The molecule has 8 heteroatoms. The Morgan fingerprint density at radius 1 is 0.952 bits per heavy atom. The molecule has 1 aromatic rings. The van der Waals surface area contributed by atoms with Gasteiger partial charge in [0.05, 0.1) is 23.7 Å². The Labute approximate surface area is 131 Å². The number of aliphatic hydroxyl groups is 5. The average molecular weight is 339 g/mol. The zero-order chi connectivity index (χ0) is 15.7. The van der Waals surface area contributed by atoms with E-state index in [1.807, 2.05) is 0 Å². The maximum atomic E-state index is 10.0. The molecule has 0 bridgehead atoms. The summed E-state index contributed by atoms with van der Waals surface area (Å²) >= 11 is 11.7. The van der Waals surface area contributed by atoms with Gasteiger partial charge in [0.1, 0.15) is 30.2 Å². The van der Waals surface area contributed by atoms with Crippen molar-refractivity contribution in [2.24, 2.45) is 5.92 Å². The van der Waals surface area contributed by atoms with Crippen LogP contribution in [0.5, 0.6) is 5.75 Å². The minimum absolute atomic E-state index is 0.180. The van der Waals surface area contributed by atoms with Gasteiger partial charge in [-0.05, 0) is 18.2 Å². The molecule has 1 aliphatic rings. The third kappa shape index (κ3) is 3.27. The fourth-order valence-corrected chi connectivity index (χ4v) is 2.84. The van der Waals surface area contributed by atoms with Gasteiger partial charge < -0.3 is 30.3 Å². The Hall–Kier alpha value is -0.600. The molecule has 0 spiro atoms. The second-order valence-electron chi connectivity index (χ2n) is 4.97. The summed E-state index contributed by atoms with van der Waals surface area (Å²) in [4.78, 5) is 0. The van der Waals surface area contributed by atoms with E-state index in [0.717, 1.165) is 0 Å². The van der Waals surface area contributed by atoms with Crippen LogP contribution in [0.2, 0.25) is 10.0 Å². The summed E-state index contributed by atoms with van der Waals surface area (Å²) < 4.78 is 5.51. The zero-order valence-corrected chi connectivity index (χ0v) is 12.3. The largest absolute Gasteiger partial charge is 0.486 e. The topological polar surface area (TPSA) is 110 Å². The first kappa shape index (κ1) is 16.8. The van der Waals surface area contributed by atoms with Gasteiger partial charge in [0.25, 0.3) is 0 Å². The second kappa shape index (κ2) is 6.66. The van der Waals surface area contributed by atoms with Crippen LogP contribution in [0, 0.1) is 5.92 Å². The molecule has 0 heterocycles. The van der Waals surface area contributed by atoms with Crippen LogP contribution in [0.1, 0.15) is 0 Å². The fraction of sp³-hybridized carbons (Fsp3) is 0.538. The van der Waals surface area contributed by atoms with Crippen LogP contribution in [-0.4, -0.2) is 62.7 Å². The lowest BCUT2D eigenvalue weighted by Crippen LogP contribution is -2.63. The molecule has 1 aromatic carbocycles. The van der Waals surface area contributed by atoms with E-state index in [1.165, 1.54) is 18.2 Å². The molecular formula is C13H16Cl2O6. The van der Waals surface area contributed by atoms with Crippen molar-refractivity contribution in [3.05, 3.63) is 28.2 Å². The fourth-order valence-electron chi connectivity index (χ4n) is 2.39. The van der Waals surface area contributed by atoms with Gasteiger partial charge in [-0.1, -0.05) is 23.2 Å². The smallest absolute Gasteiger partial charge is 0.138 e. The molecule has 2 rings (SSSR count). The van der Waals surface area contributed by atoms with E-state index < -0.39 is 43.0 Å². The van der Waals surface area contributed by atoms with E-state index in [2.05, 4.69) is 0 Å². The quantitative estimate of drug-likeness (QED) is 0.522. The summed E-state index contributed by atoms with van der Waals surface area (Å²) in [6, 6.07) is 4.42. The standard InChI is InChI=1S/C13H16Cl2O6/c14-5-1-2-8(7(15)3-5)21-13-6(4-16)9(17)10(18)11(19)12(13)20/h1-3,6,9-13,16-20H,4H2. The third-order valence-corrected chi connectivity index (χ3v) is 4.15. The van der Waals surface area contributed by atoms with Crippen LogP contribution >= 0.6 is 23.2 Å². The lowest BCUT2D eigenvalue weighted by atomic mass is 9.78. The van der Waals surface area contributed by atoms with E-state index in [0.29, 0.717) is 5.02 Å². The van der Waals surface area contributed by atoms with Crippen LogP contribution in [0.3, 0.4) is 0 Å². The predicted molar refractivity (Wildman–Crippen MR) is 75.5 cm³/mol. The van der Waals surface area contributed by atoms with Crippen molar-refractivity contribution in [2.75, 3.05) is 6.61 Å². The summed E-state index contributed by atoms with van der Waals surface area (Å²) in [5.41, 5.74) is 0. The first-order valence-electron chi connectivity index (χ1n) is 6.31. The van der Waals surface area contributed by atoms with Crippen molar-refractivity contribution in [3.8, 4) is 5.75 Å². The SMILES string of the molecule is OCC1C(O)C(O)C(O)C(O)C1Oc1ccc(Cl)cc1Cl. The number of benzene rings is 1. The lowest BCUT2D eigenvalue weighted by molar-refractivity contribution is -0.203. The summed E-state index contributed by atoms with van der Waals surface area (Å²) in [5.74, 6) is -0.801. The monoisotopic (exact) mass is 338 g/mol. The molecule has 0 saturated heterocycles. The highest BCUT2D eigenvalue weighted by molar-refractivity contribution is 6.35. The Bertz CT molecular complexity index is 500. The van der Waals surface area contributed by atoms with Gasteiger partial charge in [0.15, 0.2) is 0 Å². The number of aliphatic hydroxyl groups excluding tert-OH is 5. The van der Waals surface area contributed by atoms with Crippen molar-refractivity contribution in [1.29, 1.82) is 0 Å². The highest BCUT2D eigenvalue weighted by atomic mass is 35.5. The maximum absolute atomic E-state index is 10.0. The normalized spacial score (nSPS) is 36.5. The number of rotatable bonds is 3. The van der Waals surface area contributed by atoms with E-state index >= 15 is 0 Å². The first-order valence-corrected chi connectivity index (χ1v) is 7.07. The van der Waals surface area contributed by atoms with Gasteiger partial charge in [-0.3, -0.25) is 0 Å². The maximum Gasteiger partial charge on any atom is 0.138 e. The van der Waals surface area contributed by atoms with Crippen LogP contribution in [0.15, 0.2) is 18.2 Å². The van der Waals surface area contributed by atoms with E-state index in [4.69, 9.17) is 27.9 Å². The third-order valence-electron chi connectivity index (χ3n) is 3.61. The van der Waals surface area contributed by atoms with E-state index in [1.54, 1.807) is 0 Å². The number of hydrogen-bond acceptors (Lipinski definition) is 6. The molecule has 1 saturated carbocycles. The van der Waals surface area contributed by atoms with Crippen molar-refractivity contribution < 1.29 is 30.3 Å². The Morgan fingerprint density at radius 3 is 2.14 bits per heavy atom. The molecule has 0 aromatic heterocycles. The minimum atomic E-state index is -1.60. The molecule has 118 valence electrons. The summed E-state index contributed by atoms with van der Waals surface area (Å²) in [6.45, 7) is -0.544. The zero-order valence-electron chi connectivity index (χ0n) is 10.8. The van der Waals surface area contributed by atoms with Crippen molar-refractivity contribution in [1.82, 2.24) is 0 Å². The van der Waals surface area contributed by atoms with Gasteiger partial charge >= 0.3 is 0 Å². The predicted octanol–water partition coefficient (Wildman–Crippen LogP) is -0.193. The van der Waals surface area contributed by atoms with Gasteiger partial charge in [-0.2, -0.15) is 0 Å². The molecule has 0 radical (unpaired) electrons. The highest BCUT2D eigenvalue weighted by Crippen LogP contribution is 2.34. The molecule has 0 aliphatic heterocycles. The molecule has 1 aliphatic carbocycles. The Morgan fingerprint density at radius 2 is 1.57 bits per heavy atom. The van der Waals surface area contributed by atoms with E-state index in [9.17, 15) is 25.5 Å². The highest BCUT2D eigenvalue weighted by Gasteiger charge is 2.50. The Balaban J connectivity index is 2.26. The van der Waals surface area contributed by atoms with Crippen molar-refractivity contribution >= 4 is 23.2 Å². The molecule has 0 amide bonds. The summed E-state index contributed by atoms with van der Waals surface area (Å²) in [7, 11) is 0. The number of halogens is 2. The van der Waals surface area contributed by atoms with Gasteiger partial charge in [-0.15, -0.1) is 0 Å². The van der Waals surface area contributed by atoms with E-state index in [-0.39, 0.29) is 10.8 Å². The first-order chi connectivity index (χ1) is 9.86. The van der Waals surface area contributed by atoms with Crippen molar-refractivity contribution in [3.63, 3.8) is 0 Å². The average Bonchev–Trinajstić information content (AvgIpc) is 2.45. The molecule has 6 unspecified atom stereocenters. The number of hydrogen-bond donors (Lipinski definition) is 5. The molecule has 21 heavy (non-hydrogen) atoms. The molecule has 6 nitrogen and oxygen atoms in total. The molecule has 5 N–H and O–H groups in total. The Kier molecular flexibility index (Phi) is 5.32. The lowest BCUT2D eigenvalue weighted by Gasteiger charge is -2.43. The summed E-state index contributed by atoms with van der Waals surface area (Å²) in [5, 5.41) is 49.1. The molecule has 1 fully saturated rings. The van der Waals surface area contributed by atoms with Crippen LogP contribution in [-0.2, 0) is 0 Å². The molecular weight excluding hydrogens is 323 g/mol. The molecule has 6 atom stereocenters. The second-order valence-corrected chi connectivity index (χ2v) is 5.81. The summed E-state index contributed by atoms with van der Waals surface area (Å²) in [6.07, 6.45) is -7.24. The van der Waals surface area contributed by atoms with Crippen LogP contribution in [0.25, 0.3) is 0 Å². The van der Waals surface area contributed by atoms with Crippen LogP contribution in [0.4, 0.5) is 0 Å². The number of ether oxygens (including phenoxy) is 1. The van der Waals surface area contributed by atoms with Crippen LogP contribution < -0.4 is 4.74 Å². The van der Waals surface area contributed by atoms with Gasteiger partial charge in [0.2, 0.25) is 0 Å². The minimum Gasteiger partial charge on any atom is -0.486 e. The van der Waals surface area contributed by atoms with Gasteiger partial charge in [0, 0.05) is 5.02 Å². The van der Waals surface area contributed by atoms with Gasteiger partial charge in [-0.25, -0.2) is 0 Å².